The molecule has 0 radical (unpaired) electrons. The summed E-state index contributed by atoms with van der Waals surface area (Å²) in [5.41, 5.74) is 2.23. The van der Waals surface area contributed by atoms with E-state index in [9.17, 15) is 4.79 Å². The van der Waals surface area contributed by atoms with Crippen LogP contribution in [0.5, 0.6) is 0 Å². The molecule has 1 fully saturated rings. The molecule has 1 aliphatic heterocycles. The minimum absolute atomic E-state index is 0.180. The Morgan fingerprint density at radius 1 is 1.39 bits per heavy atom. The molecule has 2 rings (SSSR count). The Hall–Kier alpha value is -1.55. The van der Waals surface area contributed by atoms with Crippen LogP contribution in [-0.4, -0.2) is 42.3 Å². The second-order valence-electron chi connectivity index (χ2n) is 7.41. The van der Waals surface area contributed by atoms with E-state index < -0.39 is 5.60 Å². The van der Waals surface area contributed by atoms with Crippen molar-refractivity contribution < 1.29 is 9.53 Å². The zero-order valence-electron chi connectivity index (χ0n) is 14.9. The van der Waals surface area contributed by atoms with Crippen molar-refractivity contribution in [2.24, 2.45) is 0 Å². The highest BCUT2D eigenvalue weighted by atomic mass is 16.6. The SMILES string of the molecule is Cc1cccc(CCNCC2CCCN2C(=O)OC(C)(C)C)c1. The summed E-state index contributed by atoms with van der Waals surface area (Å²) < 4.78 is 5.50. The molecule has 0 spiro atoms. The molecule has 1 aromatic carbocycles. The zero-order chi connectivity index (χ0) is 16.9. The fraction of sp³-hybridized carbons (Fsp3) is 0.632. The van der Waals surface area contributed by atoms with Gasteiger partial charge >= 0.3 is 6.09 Å². The molecule has 1 heterocycles. The van der Waals surface area contributed by atoms with Gasteiger partial charge in [0.05, 0.1) is 0 Å². The van der Waals surface area contributed by atoms with Gasteiger partial charge in [-0.1, -0.05) is 29.8 Å². The number of ether oxygens (including phenoxy) is 1. The van der Waals surface area contributed by atoms with Crippen LogP contribution in [0, 0.1) is 6.92 Å². The Balaban J connectivity index is 1.75. The number of nitrogens with one attached hydrogen (secondary N) is 1. The summed E-state index contributed by atoms with van der Waals surface area (Å²) in [5.74, 6) is 0. The van der Waals surface area contributed by atoms with Crippen molar-refractivity contribution in [3.8, 4) is 0 Å². The van der Waals surface area contributed by atoms with Gasteiger partial charge in [-0.15, -0.1) is 0 Å². The highest BCUT2D eigenvalue weighted by Gasteiger charge is 2.31. The fourth-order valence-electron chi connectivity index (χ4n) is 2.98. The number of aryl methyl sites for hydroxylation is 1. The number of hydrogen-bond donors (Lipinski definition) is 1. The lowest BCUT2D eigenvalue weighted by Gasteiger charge is -2.28. The summed E-state index contributed by atoms with van der Waals surface area (Å²) >= 11 is 0. The number of hydrogen-bond acceptors (Lipinski definition) is 3. The molecule has 1 aliphatic rings. The third-order valence-corrected chi connectivity index (χ3v) is 4.06. The number of nitrogens with zero attached hydrogens (tertiary/aromatic N) is 1. The van der Waals surface area contributed by atoms with E-state index in [4.69, 9.17) is 4.74 Å². The van der Waals surface area contributed by atoms with Gasteiger partial charge in [-0.2, -0.15) is 0 Å². The van der Waals surface area contributed by atoms with Crippen molar-refractivity contribution in [3.63, 3.8) is 0 Å². The lowest BCUT2D eigenvalue weighted by atomic mass is 10.1. The Kier molecular flexibility index (Phi) is 6.05. The molecule has 1 N–H and O–H groups in total. The van der Waals surface area contributed by atoms with Crippen molar-refractivity contribution in [2.75, 3.05) is 19.6 Å². The van der Waals surface area contributed by atoms with Crippen LogP contribution >= 0.6 is 0 Å². The summed E-state index contributed by atoms with van der Waals surface area (Å²) in [5, 5.41) is 3.49. The Labute approximate surface area is 140 Å². The van der Waals surface area contributed by atoms with E-state index >= 15 is 0 Å². The molecule has 1 unspecified atom stereocenters. The Bertz CT molecular complexity index is 522. The number of likely N-dealkylation sites (tertiary alicyclic amines) is 1. The molecule has 1 saturated heterocycles. The van der Waals surface area contributed by atoms with Gasteiger partial charge in [0.1, 0.15) is 5.60 Å². The van der Waals surface area contributed by atoms with Gasteiger partial charge in [-0.05, 0) is 59.1 Å². The van der Waals surface area contributed by atoms with Crippen LogP contribution in [0.4, 0.5) is 4.79 Å². The van der Waals surface area contributed by atoms with Gasteiger partial charge in [0, 0.05) is 19.1 Å². The second-order valence-corrected chi connectivity index (χ2v) is 7.41. The first kappa shape index (κ1) is 17.8. The maximum absolute atomic E-state index is 12.2. The van der Waals surface area contributed by atoms with Crippen molar-refractivity contribution in [2.45, 2.75) is 58.6 Å². The minimum Gasteiger partial charge on any atom is -0.444 e. The topological polar surface area (TPSA) is 41.6 Å². The van der Waals surface area contributed by atoms with E-state index in [-0.39, 0.29) is 12.1 Å². The van der Waals surface area contributed by atoms with Gasteiger partial charge in [0.2, 0.25) is 0 Å². The van der Waals surface area contributed by atoms with E-state index in [0.29, 0.717) is 0 Å². The van der Waals surface area contributed by atoms with Gasteiger partial charge in [-0.3, -0.25) is 0 Å². The molecule has 4 nitrogen and oxygen atoms in total. The first-order chi connectivity index (χ1) is 10.8. The number of amides is 1. The van der Waals surface area contributed by atoms with Crippen LogP contribution in [0.2, 0.25) is 0 Å². The molecule has 1 atom stereocenters. The number of rotatable bonds is 5. The maximum Gasteiger partial charge on any atom is 0.410 e. The highest BCUT2D eigenvalue weighted by Crippen LogP contribution is 2.20. The van der Waals surface area contributed by atoms with E-state index in [1.165, 1.54) is 11.1 Å². The van der Waals surface area contributed by atoms with Crippen LogP contribution in [0.1, 0.15) is 44.7 Å². The molecule has 128 valence electrons. The lowest BCUT2D eigenvalue weighted by Crippen LogP contribution is -2.44. The zero-order valence-corrected chi connectivity index (χ0v) is 14.9. The molecular formula is C19H30N2O2. The van der Waals surface area contributed by atoms with E-state index in [1.807, 2.05) is 25.7 Å². The quantitative estimate of drug-likeness (QED) is 0.845. The smallest absolute Gasteiger partial charge is 0.410 e. The molecule has 1 amide bonds. The minimum atomic E-state index is -0.428. The van der Waals surface area contributed by atoms with Crippen molar-refractivity contribution >= 4 is 6.09 Å². The third-order valence-electron chi connectivity index (χ3n) is 4.06. The summed E-state index contributed by atoms with van der Waals surface area (Å²) in [6.45, 7) is 10.4. The molecule has 0 bridgehead atoms. The Morgan fingerprint density at radius 2 is 2.17 bits per heavy atom. The number of carbonyl (C=O) groups excluding carboxylic acids is 1. The van der Waals surface area contributed by atoms with Crippen LogP contribution in [0.3, 0.4) is 0 Å². The summed E-state index contributed by atoms with van der Waals surface area (Å²) in [4.78, 5) is 14.1. The second kappa shape index (κ2) is 7.82. The Morgan fingerprint density at radius 3 is 2.87 bits per heavy atom. The normalized spacial score (nSPS) is 18.3. The summed E-state index contributed by atoms with van der Waals surface area (Å²) in [6.07, 6.45) is 2.95. The van der Waals surface area contributed by atoms with E-state index in [1.54, 1.807) is 0 Å². The average molecular weight is 318 g/mol. The number of benzene rings is 1. The molecule has 0 saturated carbocycles. The van der Waals surface area contributed by atoms with Gasteiger partial charge in [0.15, 0.2) is 0 Å². The van der Waals surface area contributed by atoms with Crippen LogP contribution in [0.25, 0.3) is 0 Å². The first-order valence-corrected chi connectivity index (χ1v) is 8.61. The van der Waals surface area contributed by atoms with E-state index in [2.05, 4.69) is 36.5 Å². The predicted octanol–water partition coefficient (Wildman–Crippen LogP) is 3.53. The molecular weight excluding hydrogens is 288 g/mol. The average Bonchev–Trinajstić information content (AvgIpc) is 2.90. The van der Waals surface area contributed by atoms with Crippen LogP contribution in [-0.2, 0) is 11.2 Å². The van der Waals surface area contributed by atoms with Gasteiger partial charge < -0.3 is 15.0 Å². The molecule has 0 aromatic heterocycles. The maximum atomic E-state index is 12.2. The monoisotopic (exact) mass is 318 g/mol. The largest absolute Gasteiger partial charge is 0.444 e. The van der Waals surface area contributed by atoms with Gasteiger partial charge in [-0.25, -0.2) is 4.79 Å². The first-order valence-electron chi connectivity index (χ1n) is 8.61. The molecule has 23 heavy (non-hydrogen) atoms. The van der Waals surface area contributed by atoms with Crippen molar-refractivity contribution in [1.29, 1.82) is 0 Å². The van der Waals surface area contributed by atoms with Crippen LogP contribution < -0.4 is 5.32 Å². The molecule has 4 heteroatoms. The van der Waals surface area contributed by atoms with Crippen molar-refractivity contribution in [3.05, 3.63) is 35.4 Å². The van der Waals surface area contributed by atoms with Crippen LogP contribution in [0.15, 0.2) is 24.3 Å². The number of carbonyl (C=O) groups is 1. The van der Waals surface area contributed by atoms with Gasteiger partial charge in [0.25, 0.3) is 0 Å². The lowest BCUT2D eigenvalue weighted by molar-refractivity contribution is 0.0227. The van der Waals surface area contributed by atoms with Crippen molar-refractivity contribution in [1.82, 2.24) is 10.2 Å². The molecule has 1 aromatic rings. The highest BCUT2D eigenvalue weighted by molar-refractivity contribution is 5.69. The molecule has 0 aliphatic carbocycles. The van der Waals surface area contributed by atoms with E-state index in [0.717, 1.165) is 38.9 Å². The fourth-order valence-corrected chi connectivity index (χ4v) is 2.98. The predicted molar refractivity (Wildman–Crippen MR) is 93.7 cm³/mol. The summed E-state index contributed by atoms with van der Waals surface area (Å²) in [7, 11) is 0. The third kappa shape index (κ3) is 5.87. The standard InChI is InChI=1S/C19H30N2O2/c1-15-7-5-8-16(13-15)10-11-20-14-17-9-6-12-21(17)18(22)23-19(2,3)4/h5,7-8,13,17,20H,6,9-12,14H2,1-4H3. The summed E-state index contributed by atoms with van der Waals surface area (Å²) in [6, 6.07) is 8.86.